The number of carboxylic acids is 1. The van der Waals surface area contributed by atoms with Gasteiger partial charge in [-0.25, -0.2) is 4.79 Å². The van der Waals surface area contributed by atoms with E-state index >= 15 is 24.0 Å². The number of rotatable bonds is 19. The van der Waals surface area contributed by atoms with Crippen molar-refractivity contribution in [3.8, 4) is 62.9 Å². The number of carbonyl (C=O) groups excluding carboxylic acids is 8. The number of phenolic OH excluding ortho intramolecular Hbond substituents is 3. The number of hydrogen-bond donors (Lipinski definition) is 17. The van der Waals surface area contributed by atoms with E-state index in [1.165, 1.54) is 37.3 Å². The highest BCUT2D eigenvalue weighted by Gasteiger charge is 2.50. The normalized spacial score (nSPS) is 26.5. The first-order chi connectivity index (χ1) is 57.7. The van der Waals surface area contributed by atoms with Gasteiger partial charge in [0.15, 0.2) is 35.4 Å². The predicted molar refractivity (Wildman–Crippen MR) is 423 cm³/mol. The number of anilines is 1. The molecule has 650 valence electrons. The van der Waals surface area contributed by atoms with Crippen molar-refractivity contribution in [2.45, 2.75) is 183 Å². The minimum absolute atomic E-state index is 0.0272. The number of aliphatic hydroxyl groups is 6. The highest BCUT2D eigenvalue weighted by atomic mass is 35.5. The summed E-state index contributed by atoms with van der Waals surface area (Å²) in [6.45, 7) is 7.43. The molecule has 122 heavy (non-hydrogen) atoms. The third-order valence-electron chi connectivity index (χ3n) is 21.8. The Morgan fingerprint density at radius 1 is 0.721 bits per heavy atom. The van der Waals surface area contributed by atoms with E-state index in [0.717, 1.165) is 78.9 Å². The molecule has 18 N–H and O–H groups in total. The van der Waals surface area contributed by atoms with Gasteiger partial charge >= 0.3 is 12.3 Å². The van der Waals surface area contributed by atoms with Gasteiger partial charge in [0.25, 0.3) is 5.91 Å². The van der Waals surface area contributed by atoms with Crippen LogP contribution >= 0.6 is 23.2 Å². The molecule has 7 aromatic carbocycles. The summed E-state index contributed by atoms with van der Waals surface area (Å²) in [5.41, 5.74) is 2.44. The Kier molecular flexibility index (Phi) is 27.4. The number of phenols is 3. The maximum absolute atomic E-state index is 16.5. The quantitative estimate of drug-likeness (QED) is 0.0372. The molecule has 0 aromatic heterocycles. The van der Waals surface area contributed by atoms with Crippen LogP contribution in [0.1, 0.15) is 147 Å². The van der Waals surface area contributed by atoms with Crippen molar-refractivity contribution < 1.29 is 141 Å². The molecule has 2 saturated heterocycles. The lowest BCUT2D eigenvalue weighted by Crippen LogP contribution is -2.62. The van der Waals surface area contributed by atoms with Gasteiger partial charge in [-0.15, -0.1) is 13.2 Å². The van der Waals surface area contributed by atoms with Crippen LogP contribution in [0.25, 0.3) is 11.1 Å². The standard InChI is InChI=1S/C84H88Cl2F3N7O26/c1-6-38(20-35(2)3)76(109)95-67-55(101)25-44(28-62(90)103)78(111)93-65-43-26-59(117-57-18-13-41(69(67)104)23-51(57)85)74(121-82-72(107)71(106)70(105)61(34-97)119-82)60(27-43)118-58-19-14-42(24-52(58)86)73(68-80(113)94-66(81(114)115)50-29-46(98)30-54(100)64(50)49-22-40(12-17-53(49)99)48(31-56(65)102)79(112)96-68)120-63-32-83(5,75(108)36(4)116-63)91-33-37-8-7-9-45(21-37)92-77(110)39-10-15-47(16-11-39)122-84(87,88)89/h7-19,21-24,26-27,29-30,35-36,38,44,48,61,63,65-73,75,82,91,97-100,104-108H,6,20,25,28,31-34H2,1-5H3,(H2,90,103)(H,92,110)(H,93,111)(H,94,113)(H,95,109)(H,96,112)(H,114,115)/t36-,38-,44+,48?,61-,63+,65?,66-,67+,68+,69-,70-,71-,72-,73-,75+,82?,83+/m1/s1. The van der Waals surface area contributed by atoms with E-state index in [1.54, 1.807) is 32.0 Å². The number of aliphatic hydroxyl groups excluding tert-OH is 6. The van der Waals surface area contributed by atoms with Gasteiger partial charge in [-0.3, -0.25) is 38.4 Å². The second-order valence-corrected chi connectivity index (χ2v) is 31.9. The van der Waals surface area contributed by atoms with Crippen LogP contribution < -0.4 is 56.6 Å². The summed E-state index contributed by atoms with van der Waals surface area (Å²) in [5.74, 6) is -21.1. The van der Waals surface area contributed by atoms with E-state index in [4.69, 9.17) is 57.4 Å². The average molecular weight is 1740 g/mol. The molecular weight excluding hydrogens is 1650 g/mol. The smallest absolute Gasteiger partial charge is 0.508 e. The van der Waals surface area contributed by atoms with Gasteiger partial charge in [0, 0.05) is 77.7 Å². The van der Waals surface area contributed by atoms with Crippen molar-refractivity contribution >= 4 is 81.9 Å². The number of alkyl halides is 3. The molecule has 18 atom stereocenters. The van der Waals surface area contributed by atoms with Crippen LogP contribution in [0.3, 0.4) is 0 Å². The Bertz CT molecular complexity index is 5180. The molecule has 0 saturated carbocycles. The molecule has 3 unspecified atom stereocenters. The van der Waals surface area contributed by atoms with Gasteiger partial charge in [-0.05, 0) is 151 Å². The Labute approximate surface area is 703 Å². The molecule has 14 rings (SSSR count). The molecule has 2 fully saturated rings. The summed E-state index contributed by atoms with van der Waals surface area (Å²) in [7, 11) is 0. The molecule has 7 aliphatic heterocycles. The fourth-order valence-corrected chi connectivity index (χ4v) is 15.9. The minimum Gasteiger partial charge on any atom is -0.508 e. The first-order valence-corrected chi connectivity index (χ1v) is 39.4. The number of primary amides is 1. The number of Topliss-reactive ketones (excluding diaryl/α,β-unsaturated/α-hetero) is 2. The number of aromatic hydroxyl groups is 3. The molecule has 0 spiro atoms. The predicted octanol–water partition coefficient (Wildman–Crippen LogP) is 7.50. The molecule has 7 aromatic rings. The summed E-state index contributed by atoms with van der Waals surface area (Å²) in [4.78, 5) is 134. The zero-order valence-electron chi connectivity index (χ0n) is 65.6. The second-order valence-electron chi connectivity index (χ2n) is 31.1. The van der Waals surface area contributed by atoms with Crippen molar-refractivity contribution in [3.05, 3.63) is 176 Å². The molecule has 0 aliphatic carbocycles. The number of ketones is 2. The van der Waals surface area contributed by atoms with Crippen LogP contribution in [0, 0.1) is 17.8 Å². The molecule has 33 nitrogen and oxygen atoms in total. The van der Waals surface area contributed by atoms with E-state index < -0.39 is 267 Å². The lowest BCUT2D eigenvalue weighted by molar-refractivity contribution is -0.277. The minimum atomic E-state index is -4.99. The van der Waals surface area contributed by atoms with Crippen LogP contribution in [0.15, 0.2) is 127 Å². The molecule has 7 heterocycles. The number of nitrogens with two attached hydrogens (primary N) is 1. The number of aliphatic carboxylic acids is 1. The number of carbonyl (C=O) groups is 9. The van der Waals surface area contributed by atoms with Gasteiger partial charge in [-0.1, -0.05) is 74.3 Å². The van der Waals surface area contributed by atoms with Crippen LogP contribution in [0.2, 0.25) is 10.0 Å². The fourth-order valence-electron chi connectivity index (χ4n) is 15.5. The van der Waals surface area contributed by atoms with Crippen LogP contribution in [-0.2, 0) is 59.1 Å². The number of fused-ring (bicyclic) bond motifs is 15. The number of carboxylic acid groups (broad SMARTS) is 1. The largest absolute Gasteiger partial charge is 0.573 e. The van der Waals surface area contributed by atoms with Gasteiger partial charge < -0.3 is 122 Å². The first-order valence-electron chi connectivity index (χ1n) is 38.6. The second kappa shape index (κ2) is 37.2. The van der Waals surface area contributed by atoms with Gasteiger partial charge in [-0.2, -0.15) is 0 Å². The monoisotopic (exact) mass is 1740 g/mol. The molecule has 0 radical (unpaired) electrons. The lowest BCUT2D eigenvalue weighted by atomic mass is 9.84. The third-order valence-corrected chi connectivity index (χ3v) is 22.4. The Morgan fingerprint density at radius 3 is 2.02 bits per heavy atom. The summed E-state index contributed by atoms with van der Waals surface area (Å²) in [6, 6.07) is 15.8. The summed E-state index contributed by atoms with van der Waals surface area (Å²) in [6.07, 6.45) is -26.2. The molecule has 11 bridgehead atoms. The van der Waals surface area contributed by atoms with Crippen LogP contribution in [0.4, 0.5) is 18.9 Å². The lowest BCUT2D eigenvalue weighted by Gasteiger charge is -2.47. The molecule has 38 heteroatoms. The maximum atomic E-state index is 16.5. The van der Waals surface area contributed by atoms with E-state index in [2.05, 4.69) is 36.6 Å². The molecule has 7 aliphatic rings. The summed E-state index contributed by atoms with van der Waals surface area (Å²) in [5, 5.41) is 130. The Hall–Kier alpha value is -11.3. The number of hydrogen-bond acceptors (Lipinski definition) is 26. The summed E-state index contributed by atoms with van der Waals surface area (Å²) < 4.78 is 81.6. The average Bonchev–Trinajstić information content (AvgIpc) is 0.779. The topological polar surface area (TPSA) is 519 Å². The first kappa shape index (κ1) is 90.0. The Morgan fingerprint density at radius 2 is 1.39 bits per heavy atom. The van der Waals surface area contributed by atoms with Crippen molar-refractivity contribution in [3.63, 3.8) is 0 Å². The van der Waals surface area contributed by atoms with Crippen LogP contribution in [0.5, 0.6) is 51.7 Å². The number of ether oxygens (including phenoxy) is 7. The fraction of sp³-hybridized carbons (Fsp3) is 0.393. The molecule has 6 amide bonds. The van der Waals surface area contributed by atoms with Crippen molar-refractivity contribution in [2.24, 2.45) is 23.5 Å². The summed E-state index contributed by atoms with van der Waals surface area (Å²) >= 11 is 14.5. The van der Waals surface area contributed by atoms with E-state index in [0.29, 0.717) is 12.0 Å². The van der Waals surface area contributed by atoms with E-state index in [-0.39, 0.29) is 64.0 Å². The van der Waals surface area contributed by atoms with Crippen molar-refractivity contribution in [1.29, 1.82) is 0 Å². The van der Waals surface area contributed by atoms with Crippen molar-refractivity contribution in [2.75, 3.05) is 11.9 Å². The third kappa shape index (κ3) is 20.2. The molecular formula is C84H88Cl2F3N7O26. The highest BCUT2D eigenvalue weighted by Crippen LogP contribution is 2.51. The number of nitrogens with one attached hydrogen (secondary N) is 6. The SMILES string of the molecule is CC[C@H](CC(C)C)C(=O)N[C@H]1C(=O)C[C@@H](CC(N)=O)C(=O)NC2C(=O)CC3C(=O)N[C@H](C(=O)N[C@@H](C(=O)O)c4cc(O)cc(O)c4-c4cc3ccc4O)[C@H](O[C@H]3C[C@](C)(NCc4cccc(NC(=O)c5ccc(OC(F)(F)F)cc5)c4)[C@@H](O)[C@@H](C)O3)c3ccc(c(Cl)c3)Oc3cc2cc(c3OC2O[C@H](CO)[C@@H](O)[C@@H](O)[C@H]2O)Oc2ccc(cc2Cl)[C@H]1O. The van der Waals surface area contributed by atoms with Crippen LogP contribution in [-0.4, -0.2) is 184 Å². The number of benzene rings is 7. The highest BCUT2D eigenvalue weighted by molar-refractivity contribution is 6.32. The maximum Gasteiger partial charge on any atom is 0.573 e. The number of halogens is 5. The van der Waals surface area contributed by atoms with Gasteiger partial charge in [0.2, 0.25) is 41.6 Å². The zero-order valence-corrected chi connectivity index (χ0v) is 67.2. The van der Waals surface area contributed by atoms with Gasteiger partial charge in [0.1, 0.15) is 89.2 Å². The van der Waals surface area contributed by atoms with E-state index in [9.17, 15) is 83.4 Å². The Balaban J connectivity index is 1.03. The van der Waals surface area contributed by atoms with Crippen molar-refractivity contribution in [1.82, 2.24) is 26.6 Å². The van der Waals surface area contributed by atoms with E-state index in [1.807, 2.05) is 13.8 Å². The zero-order chi connectivity index (χ0) is 88.4. The number of amides is 6. The van der Waals surface area contributed by atoms with Gasteiger partial charge in [0.05, 0.1) is 40.7 Å².